The molecule has 0 spiro atoms. The molecule has 1 fully saturated rings. The molecule has 3 heterocycles. The predicted molar refractivity (Wildman–Crippen MR) is 76.4 cm³/mol. The van der Waals surface area contributed by atoms with Crippen LogP contribution in [0.1, 0.15) is 30.1 Å². The Labute approximate surface area is 118 Å². The van der Waals surface area contributed by atoms with Crippen molar-refractivity contribution >= 4 is 5.82 Å². The molecule has 0 aromatic carbocycles. The van der Waals surface area contributed by atoms with Crippen LogP contribution in [0.3, 0.4) is 0 Å². The molecule has 5 nitrogen and oxygen atoms in total. The quantitative estimate of drug-likeness (QED) is 0.837. The zero-order chi connectivity index (χ0) is 13.9. The van der Waals surface area contributed by atoms with Gasteiger partial charge in [-0.05, 0) is 31.4 Å². The van der Waals surface area contributed by atoms with Crippen LogP contribution in [-0.4, -0.2) is 27.6 Å². The van der Waals surface area contributed by atoms with Crippen molar-refractivity contribution in [3.8, 4) is 6.07 Å². The normalized spacial score (nSPS) is 16.1. The molecule has 0 bridgehead atoms. The highest BCUT2D eigenvalue weighted by Gasteiger charge is 2.21. The van der Waals surface area contributed by atoms with E-state index < -0.39 is 0 Å². The summed E-state index contributed by atoms with van der Waals surface area (Å²) in [5, 5.41) is 9.07. The lowest BCUT2D eigenvalue weighted by Crippen LogP contribution is -2.35. The Morgan fingerprint density at radius 3 is 2.75 bits per heavy atom. The fourth-order valence-corrected chi connectivity index (χ4v) is 2.69. The molecule has 3 rings (SSSR count). The summed E-state index contributed by atoms with van der Waals surface area (Å²) in [4.78, 5) is 10.8. The zero-order valence-electron chi connectivity index (χ0n) is 11.5. The Hall–Kier alpha value is -2.35. The summed E-state index contributed by atoms with van der Waals surface area (Å²) in [6.45, 7) is 3.84. The molecule has 0 unspecified atom stereocenters. The monoisotopic (exact) mass is 267 g/mol. The van der Waals surface area contributed by atoms with Crippen LogP contribution in [0, 0.1) is 18.3 Å². The van der Waals surface area contributed by atoms with Crippen LogP contribution in [0.25, 0.3) is 0 Å². The molecule has 2 aromatic rings. The molecule has 102 valence electrons. The van der Waals surface area contributed by atoms with Crippen LogP contribution in [0.5, 0.6) is 0 Å². The van der Waals surface area contributed by atoms with Gasteiger partial charge in [-0.1, -0.05) is 6.07 Å². The zero-order valence-corrected chi connectivity index (χ0v) is 11.5. The van der Waals surface area contributed by atoms with E-state index in [0.717, 1.165) is 37.3 Å². The maximum atomic E-state index is 9.07. The summed E-state index contributed by atoms with van der Waals surface area (Å²) in [5.41, 5.74) is 1.46. The number of rotatable bonds is 2. The second kappa shape index (κ2) is 5.33. The molecule has 1 aliphatic heterocycles. The number of pyridine rings is 1. The summed E-state index contributed by atoms with van der Waals surface area (Å²) < 4.78 is 2.18. The predicted octanol–water partition coefficient (Wildman–Crippen LogP) is 2.30. The van der Waals surface area contributed by atoms with Crippen molar-refractivity contribution in [2.45, 2.75) is 25.8 Å². The number of hydrogen-bond acceptors (Lipinski definition) is 4. The van der Waals surface area contributed by atoms with E-state index in [4.69, 9.17) is 5.26 Å². The number of piperidine rings is 1. The minimum absolute atomic E-state index is 0.523. The molecule has 0 N–H and O–H groups in total. The van der Waals surface area contributed by atoms with Crippen molar-refractivity contribution in [3.05, 3.63) is 42.1 Å². The highest BCUT2D eigenvalue weighted by Crippen LogP contribution is 2.25. The van der Waals surface area contributed by atoms with Gasteiger partial charge in [0.2, 0.25) is 0 Å². The molecule has 1 saturated heterocycles. The van der Waals surface area contributed by atoms with Gasteiger partial charge < -0.3 is 9.47 Å². The number of imidazole rings is 1. The van der Waals surface area contributed by atoms with Gasteiger partial charge in [-0.15, -0.1) is 0 Å². The summed E-state index contributed by atoms with van der Waals surface area (Å²) in [5.74, 6) is 0.913. The van der Waals surface area contributed by atoms with Gasteiger partial charge in [-0.2, -0.15) is 5.26 Å². The average Bonchev–Trinajstić information content (AvgIpc) is 3.02. The van der Waals surface area contributed by atoms with E-state index in [0.29, 0.717) is 11.7 Å². The van der Waals surface area contributed by atoms with Gasteiger partial charge in [-0.25, -0.2) is 9.97 Å². The first-order valence-corrected chi connectivity index (χ1v) is 6.88. The maximum absolute atomic E-state index is 9.07. The molecule has 5 heteroatoms. The third kappa shape index (κ3) is 2.37. The average molecular weight is 267 g/mol. The van der Waals surface area contributed by atoms with E-state index >= 15 is 0 Å². The molecule has 0 aliphatic carbocycles. The van der Waals surface area contributed by atoms with Crippen molar-refractivity contribution < 1.29 is 0 Å². The second-order valence-corrected chi connectivity index (χ2v) is 5.17. The molecule has 0 atom stereocenters. The van der Waals surface area contributed by atoms with Crippen molar-refractivity contribution in [2.24, 2.45) is 0 Å². The van der Waals surface area contributed by atoms with Crippen LogP contribution in [0.4, 0.5) is 5.82 Å². The van der Waals surface area contributed by atoms with E-state index in [-0.39, 0.29) is 0 Å². The Balaban J connectivity index is 1.71. The topological polar surface area (TPSA) is 57.7 Å². The van der Waals surface area contributed by atoms with Gasteiger partial charge in [-0.3, -0.25) is 0 Å². The fraction of sp³-hybridized carbons (Fsp3) is 0.400. The molecule has 2 aromatic heterocycles. The summed E-state index contributed by atoms with van der Waals surface area (Å²) in [6.07, 6.45) is 7.89. The summed E-state index contributed by atoms with van der Waals surface area (Å²) in [6, 6.07) is 6.66. The van der Waals surface area contributed by atoms with E-state index in [1.54, 1.807) is 0 Å². The lowest BCUT2D eigenvalue weighted by Gasteiger charge is -2.33. The highest BCUT2D eigenvalue weighted by molar-refractivity contribution is 5.45. The van der Waals surface area contributed by atoms with Crippen molar-refractivity contribution in [3.63, 3.8) is 0 Å². The Kier molecular flexibility index (Phi) is 3.38. The Bertz CT molecular complexity index is 618. The number of nitriles is 1. The third-order valence-corrected chi connectivity index (χ3v) is 3.92. The lowest BCUT2D eigenvalue weighted by molar-refractivity contribution is 0.394. The van der Waals surface area contributed by atoms with E-state index in [1.165, 1.54) is 0 Å². The van der Waals surface area contributed by atoms with E-state index in [2.05, 4.69) is 25.5 Å². The first-order valence-electron chi connectivity index (χ1n) is 6.88. The number of aromatic nitrogens is 3. The molecular weight excluding hydrogens is 250 g/mol. The summed E-state index contributed by atoms with van der Waals surface area (Å²) in [7, 11) is 0. The molecule has 20 heavy (non-hydrogen) atoms. The number of nitrogens with zero attached hydrogens (tertiary/aromatic N) is 5. The van der Waals surface area contributed by atoms with Crippen LogP contribution >= 0.6 is 0 Å². The molecule has 1 aliphatic rings. The third-order valence-electron chi connectivity index (χ3n) is 3.92. The minimum atomic E-state index is 0.523. The second-order valence-electron chi connectivity index (χ2n) is 5.17. The van der Waals surface area contributed by atoms with Crippen molar-refractivity contribution in [1.82, 2.24) is 14.5 Å². The first kappa shape index (κ1) is 12.7. The Morgan fingerprint density at radius 2 is 2.10 bits per heavy atom. The van der Waals surface area contributed by atoms with Crippen LogP contribution in [0.15, 0.2) is 30.9 Å². The van der Waals surface area contributed by atoms with Crippen molar-refractivity contribution in [1.29, 1.82) is 5.26 Å². The highest BCUT2D eigenvalue weighted by atomic mass is 15.2. The molecule has 0 saturated carbocycles. The van der Waals surface area contributed by atoms with E-state index in [9.17, 15) is 0 Å². The smallest absolute Gasteiger partial charge is 0.145 e. The SMILES string of the molecule is Cc1ccc(N2CCC(n3ccnc3)CC2)nc1C#N. The van der Waals surface area contributed by atoms with Gasteiger partial charge in [0.05, 0.1) is 6.33 Å². The van der Waals surface area contributed by atoms with Gasteiger partial charge in [0.25, 0.3) is 0 Å². The largest absolute Gasteiger partial charge is 0.356 e. The standard InChI is InChI=1S/C15H17N5/c1-12-2-3-15(18-14(12)10-16)19-7-4-13(5-8-19)20-9-6-17-11-20/h2-3,6,9,11,13H,4-5,7-8H2,1H3. The lowest BCUT2D eigenvalue weighted by atomic mass is 10.0. The van der Waals surface area contributed by atoms with Crippen LogP contribution in [-0.2, 0) is 0 Å². The number of hydrogen-bond donors (Lipinski definition) is 0. The van der Waals surface area contributed by atoms with Crippen LogP contribution in [0.2, 0.25) is 0 Å². The molecular formula is C15H17N5. The number of aryl methyl sites for hydroxylation is 1. The molecule has 0 radical (unpaired) electrons. The van der Waals surface area contributed by atoms with Gasteiger partial charge in [0.15, 0.2) is 0 Å². The Morgan fingerprint density at radius 1 is 1.30 bits per heavy atom. The first-order chi connectivity index (χ1) is 9.78. The maximum Gasteiger partial charge on any atom is 0.145 e. The van der Waals surface area contributed by atoms with Crippen molar-refractivity contribution in [2.75, 3.05) is 18.0 Å². The van der Waals surface area contributed by atoms with E-state index in [1.807, 2.05) is 37.8 Å². The minimum Gasteiger partial charge on any atom is -0.356 e. The van der Waals surface area contributed by atoms with Gasteiger partial charge in [0.1, 0.15) is 17.6 Å². The summed E-state index contributed by atoms with van der Waals surface area (Å²) >= 11 is 0. The number of anilines is 1. The van der Waals surface area contributed by atoms with Crippen LogP contribution < -0.4 is 4.90 Å². The van der Waals surface area contributed by atoms with Gasteiger partial charge >= 0.3 is 0 Å². The molecule has 0 amide bonds. The fourth-order valence-electron chi connectivity index (χ4n) is 2.69. The van der Waals surface area contributed by atoms with Gasteiger partial charge in [0, 0.05) is 31.5 Å².